The van der Waals surface area contributed by atoms with E-state index in [1.54, 1.807) is 24.3 Å². The van der Waals surface area contributed by atoms with E-state index in [0.29, 0.717) is 17.9 Å². The molecule has 0 radical (unpaired) electrons. The number of carbonyl (C=O) groups excluding carboxylic acids is 1. The van der Waals surface area contributed by atoms with E-state index < -0.39 is 17.9 Å². The maximum absolute atomic E-state index is 12.2. The Balaban J connectivity index is 1.92. The average Bonchev–Trinajstić information content (AvgIpc) is 2.55. The second kappa shape index (κ2) is 8.34. The van der Waals surface area contributed by atoms with Gasteiger partial charge in [-0.05, 0) is 37.0 Å². The van der Waals surface area contributed by atoms with Crippen molar-refractivity contribution in [2.45, 2.75) is 25.3 Å². The fraction of sp³-hybridized carbons (Fsp3) is 0.222. The van der Waals surface area contributed by atoms with Gasteiger partial charge in [0.25, 0.3) is 5.91 Å². The lowest BCUT2D eigenvalue weighted by atomic mass is 10.0. The first-order valence-electron chi connectivity index (χ1n) is 7.40. The number of amides is 1. The third-order valence-corrected chi connectivity index (χ3v) is 3.85. The molecule has 0 aromatic heterocycles. The second-order valence-corrected chi connectivity index (χ2v) is 5.63. The number of halogens is 1. The fourth-order valence-corrected chi connectivity index (χ4v) is 2.52. The molecule has 2 aromatic rings. The summed E-state index contributed by atoms with van der Waals surface area (Å²) in [4.78, 5) is 23.5. The van der Waals surface area contributed by atoms with Crippen LogP contribution >= 0.6 is 11.6 Å². The van der Waals surface area contributed by atoms with Gasteiger partial charge in [-0.3, -0.25) is 4.79 Å². The first-order valence-corrected chi connectivity index (χ1v) is 7.78. The van der Waals surface area contributed by atoms with Crippen LogP contribution in [0.1, 0.15) is 28.8 Å². The van der Waals surface area contributed by atoms with E-state index in [9.17, 15) is 14.7 Å². The maximum atomic E-state index is 12.2. The number of carboxylic acids is 1. The zero-order valence-corrected chi connectivity index (χ0v) is 13.3. The molecule has 2 aromatic carbocycles. The van der Waals surface area contributed by atoms with Crippen LogP contribution in [0, 0.1) is 0 Å². The lowest BCUT2D eigenvalue weighted by Gasteiger charge is -2.15. The van der Waals surface area contributed by atoms with Crippen molar-refractivity contribution in [3.05, 3.63) is 70.7 Å². The lowest BCUT2D eigenvalue weighted by molar-refractivity contribution is -0.139. The van der Waals surface area contributed by atoms with Crippen LogP contribution in [0.15, 0.2) is 54.6 Å². The Labute approximate surface area is 140 Å². The van der Waals surface area contributed by atoms with E-state index in [-0.39, 0.29) is 5.56 Å². The summed E-state index contributed by atoms with van der Waals surface area (Å²) in [7, 11) is 0. The number of aliphatic carboxylic acids is 1. The summed E-state index contributed by atoms with van der Waals surface area (Å²) >= 11 is 5.96. The highest BCUT2D eigenvalue weighted by Gasteiger charge is 2.21. The summed E-state index contributed by atoms with van der Waals surface area (Å²) in [5.74, 6) is -1.51. The van der Waals surface area contributed by atoms with Gasteiger partial charge in [0.15, 0.2) is 0 Å². The number of hydrogen-bond donors (Lipinski definition) is 2. The van der Waals surface area contributed by atoms with Crippen LogP contribution in [-0.4, -0.2) is 23.0 Å². The Hall–Kier alpha value is -2.33. The van der Waals surface area contributed by atoms with Gasteiger partial charge in [-0.1, -0.05) is 54.1 Å². The first kappa shape index (κ1) is 17.0. The highest BCUT2D eigenvalue weighted by Crippen LogP contribution is 2.15. The zero-order valence-electron chi connectivity index (χ0n) is 12.5. The van der Waals surface area contributed by atoms with Crippen LogP contribution in [-0.2, 0) is 11.2 Å². The molecule has 4 nitrogen and oxygen atoms in total. The zero-order chi connectivity index (χ0) is 16.7. The second-order valence-electron chi connectivity index (χ2n) is 5.22. The van der Waals surface area contributed by atoms with Crippen LogP contribution < -0.4 is 5.32 Å². The molecule has 0 aliphatic heterocycles. The maximum Gasteiger partial charge on any atom is 0.326 e. The molecule has 2 N–H and O–H groups in total. The monoisotopic (exact) mass is 331 g/mol. The predicted octanol–water partition coefficient (Wildman–Crippen LogP) is 3.55. The number of rotatable bonds is 7. The molecule has 23 heavy (non-hydrogen) atoms. The third kappa shape index (κ3) is 5.11. The Kier molecular flexibility index (Phi) is 6.18. The van der Waals surface area contributed by atoms with Gasteiger partial charge in [-0.15, -0.1) is 0 Å². The smallest absolute Gasteiger partial charge is 0.326 e. The van der Waals surface area contributed by atoms with Gasteiger partial charge in [-0.2, -0.15) is 0 Å². The van der Waals surface area contributed by atoms with Crippen LogP contribution in [0.25, 0.3) is 0 Å². The molecule has 0 heterocycles. The molecule has 1 atom stereocenters. The van der Waals surface area contributed by atoms with Crippen molar-refractivity contribution in [2.24, 2.45) is 0 Å². The first-order chi connectivity index (χ1) is 11.1. The van der Waals surface area contributed by atoms with Crippen molar-refractivity contribution >= 4 is 23.5 Å². The SMILES string of the molecule is O=C(N[C@@H](CCCc1ccccc1)C(=O)O)c1ccccc1Cl. The largest absolute Gasteiger partial charge is 0.480 e. The quantitative estimate of drug-likeness (QED) is 0.815. The van der Waals surface area contributed by atoms with Crippen LogP contribution in [0.3, 0.4) is 0 Å². The van der Waals surface area contributed by atoms with Crippen LogP contribution in [0.2, 0.25) is 5.02 Å². The third-order valence-electron chi connectivity index (χ3n) is 3.52. The summed E-state index contributed by atoms with van der Waals surface area (Å²) in [6.45, 7) is 0. The molecule has 120 valence electrons. The molecule has 0 unspecified atom stereocenters. The van der Waals surface area contributed by atoms with Crippen LogP contribution in [0.5, 0.6) is 0 Å². The van der Waals surface area contributed by atoms with Gasteiger partial charge in [-0.25, -0.2) is 4.79 Å². The van der Waals surface area contributed by atoms with Crippen molar-refractivity contribution in [3.63, 3.8) is 0 Å². The molecule has 0 saturated heterocycles. The summed E-state index contributed by atoms with van der Waals surface area (Å²) in [5.41, 5.74) is 1.43. The summed E-state index contributed by atoms with van der Waals surface area (Å²) < 4.78 is 0. The van der Waals surface area contributed by atoms with E-state index in [1.807, 2.05) is 30.3 Å². The molecule has 0 aliphatic rings. The molecule has 0 spiro atoms. The van der Waals surface area contributed by atoms with Crippen molar-refractivity contribution in [1.82, 2.24) is 5.32 Å². The number of carbonyl (C=O) groups is 2. The fourth-order valence-electron chi connectivity index (χ4n) is 2.29. The Morgan fingerprint density at radius 1 is 1.04 bits per heavy atom. The van der Waals surface area contributed by atoms with E-state index in [2.05, 4.69) is 5.32 Å². The van der Waals surface area contributed by atoms with Crippen molar-refractivity contribution in [3.8, 4) is 0 Å². The van der Waals surface area contributed by atoms with Crippen LogP contribution in [0.4, 0.5) is 0 Å². The van der Waals surface area contributed by atoms with E-state index in [4.69, 9.17) is 11.6 Å². The summed E-state index contributed by atoms with van der Waals surface area (Å²) in [6, 6.07) is 15.5. The molecule has 0 saturated carbocycles. The Morgan fingerprint density at radius 2 is 1.70 bits per heavy atom. The average molecular weight is 332 g/mol. The van der Waals surface area contributed by atoms with Gasteiger partial charge in [0.1, 0.15) is 6.04 Å². The Bertz CT molecular complexity index is 673. The van der Waals surface area contributed by atoms with Gasteiger partial charge in [0.2, 0.25) is 0 Å². The number of hydrogen-bond acceptors (Lipinski definition) is 2. The molecule has 0 aliphatic carbocycles. The number of benzene rings is 2. The summed E-state index contributed by atoms with van der Waals surface area (Å²) in [6.07, 6.45) is 1.80. The van der Waals surface area contributed by atoms with E-state index in [0.717, 1.165) is 12.0 Å². The van der Waals surface area contributed by atoms with Gasteiger partial charge in [0, 0.05) is 0 Å². The molecule has 1 amide bonds. The lowest BCUT2D eigenvalue weighted by Crippen LogP contribution is -2.40. The normalized spacial score (nSPS) is 11.7. The topological polar surface area (TPSA) is 66.4 Å². The highest BCUT2D eigenvalue weighted by molar-refractivity contribution is 6.33. The molecule has 2 rings (SSSR count). The molecule has 0 bridgehead atoms. The predicted molar refractivity (Wildman–Crippen MR) is 89.7 cm³/mol. The number of carboxylic acid groups (broad SMARTS) is 1. The summed E-state index contributed by atoms with van der Waals surface area (Å²) in [5, 5.41) is 12.1. The standard InChI is InChI=1S/C18H18ClNO3/c19-15-11-5-4-10-14(15)17(21)20-16(18(22)23)12-6-9-13-7-2-1-3-8-13/h1-5,7-8,10-11,16H,6,9,12H2,(H,20,21)(H,22,23)/t16-/m0/s1. The minimum atomic E-state index is -1.04. The van der Waals surface area contributed by atoms with Gasteiger partial charge < -0.3 is 10.4 Å². The minimum absolute atomic E-state index is 0.281. The van der Waals surface area contributed by atoms with Gasteiger partial charge in [0.05, 0.1) is 10.6 Å². The Morgan fingerprint density at radius 3 is 2.35 bits per heavy atom. The van der Waals surface area contributed by atoms with E-state index >= 15 is 0 Å². The molecular weight excluding hydrogens is 314 g/mol. The number of nitrogens with one attached hydrogen (secondary N) is 1. The number of aryl methyl sites for hydroxylation is 1. The van der Waals surface area contributed by atoms with E-state index in [1.165, 1.54) is 0 Å². The van der Waals surface area contributed by atoms with Crippen molar-refractivity contribution in [1.29, 1.82) is 0 Å². The molecular formula is C18H18ClNO3. The molecule has 5 heteroatoms. The van der Waals surface area contributed by atoms with Crippen molar-refractivity contribution < 1.29 is 14.7 Å². The minimum Gasteiger partial charge on any atom is -0.480 e. The highest BCUT2D eigenvalue weighted by atomic mass is 35.5. The van der Waals surface area contributed by atoms with Gasteiger partial charge >= 0.3 is 5.97 Å². The molecule has 0 fully saturated rings. The van der Waals surface area contributed by atoms with Crippen molar-refractivity contribution in [2.75, 3.05) is 0 Å².